The van der Waals surface area contributed by atoms with Crippen LogP contribution in [0.2, 0.25) is 20.1 Å². The van der Waals surface area contributed by atoms with Crippen LogP contribution in [-0.4, -0.2) is 111 Å². The Bertz CT molecular complexity index is 2310. The van der Waals surface area contributed by atoms with E-state index in [0.717, 1.165) is 0 Å². The minimum atomic E-state index is -1.32. The summed E-state index contributed by atoms with van der Waals surface area (Å²) in [6, 6.07) is 6.03. The number of rotatable bonds is 8. The van der Waals surface area contributed by atoms with E-state index in [1.54, 1.807) is 77.9 Å². The zero-order chi connectivity index (χ0) is 43.9. The summed E-state index contributed by atoms with van der Waals surface area (Å²) in [5.41, 5.74) is 1.26. The maximum atomic E-state index is 13.1. The summed E-state index contributed by atoms with van der Waals surface area (Å²) in [6.07, 6.45) is 0. The number of thioether (sulfide) groups is 2. The van der Waals surface area contributed by atoms with Crippen LogP contribution >= 0.6 is 69.9 Å². The molecule has 4 amide bonds. The van der Waals surface area contributed by atoms with E-state index in [-0.39, 0.29) is 69.1 Å². The Balaban J connectivity index is 0.000000227. The zero-order valence-corrected chi connectivity index (χ0v) is 40.3. The van der Waals surface area contributed by atoms with Gasteiger partial charge in [0.25, 0.3) is 11.8 Å². The van der Waals surface area contributed by atoms with Crippen molar-refractivity contribution in [3.05, 3.63) is 79.1 Å². The summed E-state index contributed by atoms with van der Waals surface area (Å²) >= 11 is 27.6. The molecule has 2 aromatic heterocycles. The summed E-state index contributed by atoms with van der Waals surface area (Å²) in [5, 5.41) is 34.5. The molecule has 4 aliphatic heterocycles. The number of β-lactam (4-membered cyclic amide) rings is 2. The molecule has 2 aromatic carbocycles. The average Bonchev–Trinajstić information content (AvgIpc) is 3.87. The third kappa shape index (κ3) is 8.33. The van der Waals surface area contributed by atoms with Crippen molar-refractivity contribution in [2.24, 2.45) is 0 Å². The molecule has 5 N–H and O–H groups in total. The minimum Gasteiger partial charge on any atom is -0.548 e. The monoisotopic (exact) mass is 978 g/mol. The minimum absolute atomic E-state index is 0. The molecule has 17 nitrogen and oxygen atoms in total. The molecule has 0 aliphatic carbocycles. The molecule has 0 spiro atoms. The molecule has 6 heterocycles. The molecule has 0 unspecified atom stereocenters. The van der Waals surface area contributed by atoms with Gasteiger partial charge in [-0.2, -0.15) is 0 Å². The van der Waals surface area contributed by atoms with Crippen molar-refractivity contribution >= 4 is 105 Å². The van der Waals surface area contributed by atoms with Crippen molar-refractivity contribution in [1.82, 2.24) is 30.7 Å². The molecule has 8 rings (SSSR count). The Morgan fingerprint density at radius 2 is 1.05 bits per heavy atom. The molecule has 62 heavy (non-hydrogen) atoms. The number of halogens is 4. The van der Waals surface area contributed by atoms with Gasteiger partial charge in [-0.15, -0.1) is 23.5 Å². The first-order chi connectivity index (χ1) is 28.1. The van der Waals surface area contributed by atoms with Gasteiger partial charge in [-0.05, 0) is 65.8 Å². The zero-order valence-electron chi connectivity index (χ0n) is 33.7. The normalized spacial score (nSPS) is 23.6. The van der Waals surface area contributed by atoms with Crippen LogP contribution in [0.4, 0.5) is 0 Å². The van der Waals surface area contributed by atoms with Crippen LogP contribution in [0.15, 0.2) is 45.4 Å². The number of aryl methyl sites for hydroxylation is 2. The van der Waals surface area contributed by atoms with E-state index >= 15 is 0 Å². The first kappa shape index (κ1) is 49.5. The number of aliphatic carboxylic acids is 2. The van der Waals surface area contributed by atoms with Gasteiger partial charge in [-0.1, -0.05) is 68.8 Å². The van der Waals surface area contributed by atoms with Crippen molar-refractivity contribution in [2.45, 2.75) is 86.0 Å². The number of amides is 4. The van der Waals surface area contributed by atoms with Crippen molar-refractivity contribution < 1.29 is 83.1 Å². The molecular weight excluding hydrogens is 945 g/mol. The number of hydrogen-bond donors (Lipinski definition) is 3. The molecule has 4 aliphatic rings. The second kappa shape index (κ2) is 18.2. The first-order valence-corrected chi connectivity index (χ1v) is 21.2. The van der Waals surface area contributed by atoms with E-state index in [1.165, 1.54) is 33.3 Å². The predicted molar refractivity (Wildman–Crippen MR) is 224 cm³/mol. The Hall–Kier alpha value is -3.50. The van der Waals surface area contributed by atoms with Crippen LogP contribution < -0.4 is 45.3 Å². The second-order valence-corrected chi connectivity index (χ2v) is 20.4. The van der Waals surface area contributed by atoms with Gasteiger partial charge in [0.15, 0.2) is 0 Å². The molecule has 4 fully saturated rings. The van der Waals surface area contributed by atoms with Crippen LogP contribution in [0.3, 0.4) is 0 Å². The van der Waals surface area contributed by atoms with Gasteiger partial charge in [-0.25, -0.2) is 4.79 Å². The smallest absolute Gasteiger partial charge is 0.548 e. The van der Waals surface area contributed by atoms with Crippen LogP contribution in [0.1, 0.15) is 59.9 Å². The Morgan fingerprint density at radius 3 is 1.39 bits per heavy atom. The van der Waals surface area contributed by atoms with Gasteiger partial charge in [0.05, 0.1) is 32.1 Å². The second-order valence-electron chi connectivity index (χ2n) is 15.2. The van der Waals surface area contributed by atoms with Crippen molar-refractivity contribution in [2.75, 3.05) is 0 Å². The van der Waals surface area contributed by atoms with Crippen LogP contribution in [0.5, 0.6) is 0 Å². The predicted octanol–water partition coefficient (Wildman–Crippen LogP) is 1.25. The molecule has 0 saturated carbocycles. The summed E-state index contributed by atoms with van der Waals surface area (Å²) in [4.78, 5) is 77.1. The number of benzene rings is 2. The number of carbonyl (C=O) groups excluding carboxylic acids is 5. The first-order valence-electron chi connectivity index (χ1n) is 18.0. The third-order valence-corrected chi connectivity index (χ3v) is 14.9. The number of nitrogens with zero attached hydrogens (tertiary/aromatic N) is 4. The summed E-state index contributed by atoms with van der Waals surface area (Å²) in [6.45, 7) is 10.1. The van der Waals surface area contributed by atoms with Crippen LogP contribution in [0, 0.1) is 13.8 Å². The number of carboxylic acid groups (broad SMARTS) is 2. The summed E-state index contributed by atoms with van der Waals surface area (Å²) in [7, 11) is 0. The SMILES string of the molecule is Cc1onc(-c2c(Cl)cccc2Cl)c1C(=O)N[C@@H]1C(=O)N2[C@@H]1SC(C)(C)[C@@H]2C(=O)O.Cc1onc(-c2c(Cl)cccc2Cl)c1C(=O)N[C@@H]1C(=O)N2[C@@H]1SC(C)(C)[C@@H]2C(=O)[O-].O.[Na+]. The molecule has 4 aromatic rings. The summed E-state index contributed by atoms with van der Waals surface area (Å²) in [5.74, 6) is -4.00. The molecular formula is C38H35Cl4N6NaO11S2. The van der Waals surface area contributed by atoms with E-state index in [2.05, 4.69) is 20.9 Å². The maximum absolute atomic E-state index is 13.1. The Labute approximate surface area is 403 Å². The number of hydrogen-bond acceptors (Lipinski definition) is 13. The summed E-state index contributed by atoms with van der Waals surface area (Å²) < 4.78 is 8.96. The van der Waals surface area contributed by atoms with Gasteiger partial charge in [0, 0.05) is 20.6 Å². The van der Waals surface area contributed by atoms with Crippen molar-refractivity contribution in [3.8, 4) is 22.5 Å². The van der Waals surface area contributed by atoms with E-state index in [9.17, 15) is 39.0 Å². The van der Waals surface area contributed by atoms with Gasteiger partial charge in [0.1, 0.15) is 62.9 Å². The molecule has 0 radical (unpaired) electrons. The molecule has 6 atom stereocenters. The fraction of sp³-hybridized carbons (Fsp3) is 0.368. The fourth-order valence-corrected chi connectivity index (χ4v) is 12.2. The number of carbonyl (C=O) groups is 6. The topological polar surface area (TPSA) is 260 Å². The molecule has 0 bridgehead atoms. The number of fused-ring (bicyclic) bond motifs is 2. The Morgan fingerprint density at radius 1 is 0.710 bits per heavy atom. The van der Waals surface area contributed by atoms with Crippen molar-refractivity contribution in [3.63, 3.8) is 0 Å². The van der Waals surface area contributed by atoms with E-state index in [1.807, 2.05) is 0 Å². The van der Waals surface area contributed by atoms with Crippen LogP contribution in [-0.2, 0) is 19.2 Å². The van der Waals surface area contributed by atoms with E-state index in [4.69, 9.17) is 55.4 Å². The van der Waals surface area contributed by atoms with Gasteiger partial charge < -0.3 is 50.0 Å². The average molecular weight is 981 g/mol. The third-order valence-electron chi connectivity index (χ3n) is 10.5. The number of aromatic nitrogens is 2. The quantitative estimate of drug-likeness (QED) is 0.166. The molecule has 24 heteroatoms. The van der Waals surface area contributed by atoms with Gasteiger partial charge in [-0.3, -0.25) is 19.2 Å². The fourth-order valence-electron chi connectivity index (χ4n) is 7.77. The maximum Gasteiger partial charge on any atom is 1.00 e. The van der Waals surface area contributed by atoms with Gasteiger partial charge in [0.2, 0.25) is 11.8 Å². The molecule has 324 valence electrons. The van der Waals surface area contributed by atoms with Gasteiger partial charge >= 0.3 is 35.5 Å². The largest absolute Gasteiger partial charge is 1.00 e. The standard InChI is InChI=1S/2C19H17Cl2N3O5S.Na.H2O/c2*1-7-10(12(23-29-7)11-8(20)5-4-6-9(11)21)15(25)22-13-16(26)24-14(18(27)28)19(2,3)30-17(13)24;;/h2*4-6,13-14,17H,1-3H3,(H,22,25)(H,27,28);;1H2/q;;+1;/p-1/t2*13-,14+,17-;;/m11../s1. The van der Waals surface area contributed by atoms with E-state index < -0.39 is 80.0 Å². The molecule has 4 saturated heterocycles. The Kier molecular flexibility index (Phi) is 14.5. The number of carboxylic acids is 2. The van der Waals surface area contributed by atoms with E-state index in [0.29, 0.717) is 31.2 Å². The van der Waals surface area contributed by atoms with Crippen molar-refractivity contribution in [1.29, 1.82) is 0 Å². The van der Waals surface area contributed by atoms with Crippen LogP contribution in [0.25, 0.3) is 22.5 Å². The number of nitrogens with one attached hydrogen (secondary N) is 2.